The molecule has 2 amide bonds. The molecule has 1 aromatic heterocycles. The maximum Gasteiger partial charge on any atom is 0.291 e. The topological polar surface area (TPSA) is 83.7 Å². The maximum absolute atomic E-state index is 12.9. The molecule has 6 heteroatoms. The fraction of sp³-hybridized carbons (Fsp3) is 0.296. The molecule has 3 aromatic rings. The van der Waals surface area contributed by atoms with Gasteiger partial charge in [-0.2, -0.15) is 5.10 Å². The van der Waals surface area contributed by atoms with E-state index in [0.29, 0.717) is 5.92 Å². The lowest BCUT2D eigenvalue weighted by Gasteiger charge is -2.13. The van der Waals surface area contributed by atoms with E-state index in [2.05, 4.69) is 29.7 Å². The molecule has 170 valence electrons. The number of hydrogen-bond acceptors (Lipinski definition) is 4. The Morgan fingerprint density at radius 3 is 2.45 bits per heavy atom. The van der Waals surface area contributed by atoms with Gasteiger partial charge in [-0.25, -0.2) is 5.43 Å². The Bertz CT molecular complexity index is 1180. The molecule has 0 saturated heterocycles. The number of nitrogens with zero attached hydrogens (tertiary/aromatic N) is 1. The van der Waals surface area contributed by atoms with Gasteiger partial charge in [0.2, 0.25) is 5.91 Å². The largest absolute Gasteiger partial charge is 0.455 e. The van der Waals surface area contributed by atoms with E-state index in [-0.39, 0.29) is 24.0 Å². The first kappa shape index (κ1) is 22.5. The van der Waals surface area contributed by atoms with Gasteiger partial charge in [0.05, 0.1) is 12.1 Å². The molecule has 0 atom stereocenters. The number of nitrogens with one attached hydrogen (secondary N) is 2. The second-order valence-electron chi connectivity index (χ2n) is 8.69. The lowest BCUT2D eigenvalue weighted by molar-refractivity contribution is -0.120. The molecule has 0 bridgehead atoms. The minimum absolute atomic E-state index is 0.176. The van der Waals surface area contributed by atoms with Crippen LogP contribution >= 0.6 is 0 Å². The van der Waals surface area contributed by atoms with Gasteiger partial charge in [0.15, 0.2) is 5.76 Å². The molecule has 0 fully saturated rings. The first-order valence-electron chi connectivity index (χ1n) is 11.4. The number of carbonyl (C=O) groups excluding carboxylic acids is 2. The lowest BCUT2D eigenvalue weighted by Crippen LogP contribution is -2.23. The summed E-state index contributed by atoms with van der Waals surface area (Å²) >= 11 is 0. The minimum atomic E-state index is -0.285. The summed E-state index contributed by atoms with van der Waals surface area (Å²) in [4.78, 5) is 25.3. The van der Waals surface area contributed by atoms with Crippen LogP contribution < -0.4 is 10.7 Å². The van der Waals surface area contributed by atoms with Crippen LogP contribution in [0.5, 0.6) is 0 Å². The van der Waals surface area contributed by atoms with Gasteiger partial charge < -0.3 is 9.73 Å². The highest BCUT2D eigenvalue weighted by Gasteiger charge is 2.28. The number of benzene rings is 2. The van der Waals surface area contributed by atoms with Crippen LogP contribution in [0, 0.1) is 6.92 Å². The van der Waals surface area contributed by atoms with Crippen LogP contribution in [0.1, 0.15) is 71.2 Å². The Hall–Kier alpha value is -3.67. The Morgan fingerprint density at radius 2 is 1.76 bits per heavy atom. The van der Waals surface area contributed by atoms with E-state index >= 15 is 0 Å². The number of anilines is 1. The van der Waals surface area contributed by atoms with Gasteiger partial charge in [0.1, 0.15) is 5.76 Å². The van der Waals surface area contributed by atoms with E-state index in [0.717, 1.165) is 53.1 Å². The molecule has 1 heterocycles. The Labute approximate surface area is 194 Å². The molecule has 0 saturated carbocycles. The van der Waals surface area contributed by atoms with Crippen molar-refractivity contribution >= 4 is 23.2 Å². The third-order valence-corrected chi connectivity index (χ3v) is 5.89. The van der Waals surface area contributed by atoms with Gasteiger partial charge >= 0.3 is 0 Å². The number of hydrazone groups is 1. The van der Waals surface area contributed by atoms with Crippen molar-refractivity contribution in [2.24, 2.45) is 5.10 Å². The van der Waals surface area contributed by atoms with Crippen LogP contribution in [-0.2, 0) is 17.6 Å². The first-order valence-corrected chi connectivity index (χ1v) is 11.4. The zero-order chi connectivity index (χ0) is 23.4. The number of hydrogen-bond donors (Lipinski definition) is 2. The highest BCUT2D eigenvalue weighted by molar-refractivity contribution is 6.09. The molecular formula is C27H29N3O3. The molecule has 2 N–H and O–H groups in total. The Morgan fingerprint density at radius 1 is 1.03 bits per heavy atom. The highest BCUT2D eigenvalue weighted by Crippen LogP contribution is 2.30. The summed E-state index contributed by atoms with van der Waals surface area (Å²) < 4.78 is 5.96. The quantitative estimate of drug-likeness (QED) is 0.503. The van der Waals surface area contributed by atoms with E-state index in [9.17, 15) is 9.59 Å². The van der Waals surface area contributed by atoms with Crippen LogP contribution in [0.15, 0.2) is 64.1 Å². The third-order valence-electron chi connectivity index (χ3n) is 5.89. The summed E-state index contributed by atoms with van der Waals surface area (Å²) in [6, 6.07) is 17.4. The standard InChI is InChI=1S/C27H29N3O3/c1-17(2)20-12-14-21(15-13-20)28-27(32)26-18(3)25-22(10-7-11-23(25)33-26)29-30-24(31)16-19-8-5-4-6-9-19/h4-6,8-9,12-15,17H,7,10-11,16H2,1-3H3,(H,28,32)(H,30,31)/b29-22+. The van der Waals surface area contributed by atoms with Gasteiger partial charge in [-0.05, 0) is 48.9 Å². The molecule has 4 rings (SSSR count). The van der Waals surface area contributed by atoms with Gasteiger partial charge in [-0.3, -0.25) is 9.59 Å². The molecule has 1 aliphatic rings. The van der Waals surface area contributed by atoms with E-state index in [4.69, 9.17) is 4.42 Å². The predicted molar refractivity (Wildman–Crippen MR) is 130 cm³/mol. The summed E-state index contributed by atoms with van der Waals surface area (Å²) in [5, 5.41) is 7.31. The van der Waals surface area contributed by atoms with E-state index in [1.54, 1.807) is 0 Å². The van der Waals surface area contributed by atoms with Gasteiger partial charge in [0, 0.05) is 23.2 Å². The molecule has 6 nitrogen and oxygen atoms in total. The van der Waals surface area contributed by atoms with Crippen molar-refractivity contribution in [3.05, 3.63) is 88.4 Å². The molecule has 33 heavy (non-hydrogen) atoms. The van der Waals surface area contributed by atoms with Gasteiger partial charge in [0.25, 0.3) is 5.91 Å². The van der Waals surface area contributed by atoms with Crippen LogP contribution in [0.2, 0.25) is 0 Å². The van der Waals surface area contributed by atoms with E-state index < -0.39 is 0 Å². The van der Waals surface area contributed by atoms with Crippen LogP contribution in [0.4, 0.5) is 5.69 Å². The summed E-state index contributed by atoms with van der Waals surface area (Å²) in [6.45, 7) is 6.13. The summed E-state index contributed by atoms with van der Waals surface area (Å²) in [6.07, 6.45) is 2.57. The molecule has 0 unspecified atom stereocenters. The van der Waals surface area contributed by atoms with E-state index in [1.807, 2.05) is 61.5 Å². The highest BCUT2D eigenvalue weighted by atomic mass is 16.4. The van der Waals surface area contributed by atoms with Crippen LogP contribution in [0.25, 0.3) is 0 Å². The second kappa shape index (κ2) is 9.86. The normalized spacial score (nSPS) is 14.2. The average molecular weight is 444 g/mol. The number of furan rings is 1. The molecular weight excluding hydrogens is 414 g/mol. The number of rotatable bonds is 6. The fourth-order valence-corrected chi connectivity index (χ4v) is 4.09. The van der Waals surface area contributed by atoms with Crippen molar-refractivity contribution in [1.29, 1.82) is 0 Å². The maximum atomic E-state index is 12.9. The number of carbonyl (C=O) groups is 2. The zero-order valence-corrected chi connectivity index (χ0v) is 19.3. The first-order chi connectivity index (χ1) is 15.9. The van der Waals surface area contributed by atoms with Crippen molar-refractivity contribution in [1.82, 2.24) is 5.43 Å². The Balaban J connectivity index is 1.49. The van der Waals surface area contributed by atoms with Crippen molar-refractivity contribution in [3.63, 3.8) is 0 Å². The predicted octanol–water partition coefficient (Wildman–Crippen LogP) is 5.36. The SMILES string of the molecule is Cc1c(C(=O)Nc2ccc(C(C)C)cc2)oc2c1/C(=N/NC(=O)Cc1ccccc1)CCC2. The van der Waals surface area contributed by atoms with Crippen LogP contribution in [-0.4, -0.2) is 17.5 Å². The number of amides is 2. The average Bonchev–Trinajstić information content (AvgIpc) is 3.16. The van der Waals surface area contributed by atoms with Crippen molar-refractivity contribution in [2.45, 2.75) is 52.4 Å². The molecule has 0 spiro atoms. The van der Waals surface area contributed by atoms with Crippen molar-refractivity contribution < 1.29 is 14.0 Å². The fourth-order valence-electron chi connectivity index (χ4n) is 4.09. The molecule has 0 radical (unpaired) electrons. The smallest absolute Gasteiger partial charge is 0.291 e. The zero-order valence-electron chi connectivity index (χ0n) is 19.3. The monoisotopic (exact) mass is 443 g/mol. The van der Waals surface area contributed by atoms with Gasteiger partial charge in [-0.1, -0.05) is 56.3 Å². The van der Waals surface area contributed by atoms with Crippen molar-refractivity contribution in [3.8, 4) is 0 Å². The number of fused-ring (bicyclic) bond motifs is 1. The second-order valence-corrected chi connectivity index (χ2v) is 8.69. The third kappa shape index (κ3) is 5.22. The summed E-state index contributed by atoms with van der Waals surface area (Å²) in [5.74, 6) is 1.00. The molecule has 0 aliphatic heterocycles. The minimum Gasteiger partial charge on any atom is -0.455 e. The lowest BCUT2D eigenvalue weighted by atomic mass is 9.93. The van der Waals surface area contributed by atoms with E-state index in [1.165, 1.54) is 5.56 Å². The summed E-state index contributed by atoms with van der Waals surface area (Å²) in [5.41, 5.74) is 7.87. The molecule has 1 aliphatic carbocycles. The Kier molecular flexibility index (Phi) is 6.73. The number of aryl methyl sites for hydroxylation is 1. The summed E-state index contributed by atoms with van der Waals surface area (Å²) in [7, 11) is 0. The van der Waals surface area contributed by atoms with Crippen molar-refractivity contribution in [2.75, 3.05) is 5.32 Å². The van der Waals surface area contributed by atoms with Gasteiger partial charge in [-0.15, -0.1) is 0 Å². The molecule has 2 aromatic carbocycles. The van der Waals surface area contributed by atoms with Crippen LogP contribution in [0.3, 0.4) is 0 Å².